The van der Waals surface area contributed by atoms with Crippen molar-refractivity contribution in [1.29, 1.82) is 0 Å². The standard InChI is InChI=1S/C11H19N3O3S/c1-8(16)14-4-5-18-11(14)2-3-13(7-11)10(17)9(12)6-15/h9,15H,2-7,12H2,1H3/t9-,11?/m0/s1. The molecule has 2 rings (SSSR count). The second-order valence-corrected chi connectivity index (χ2v) is 6.22. The highest BCUT2D eigenvalue weighted by Crippen LogP contribution is 2.43. The molecule has 3 N–H and O–H groups in total. The van der Waals surface area contributed by atoms with Gasteiger partial charge >= 0.3 is 0 Å². The van der Waals surface area contributed by atoms with Crippen LogP contribution in [0.2, 0.25) is 0 Å². The zero-order valence-electron chi connectivity index (χ0n) is 10.5. The number of nitrogens with zero attached hydrogens (tertiary/aromatic N) is 2. The lowest BCUT2D eigenvalue weighted by Gasteiger charge is -2.33. The number of rotatable bonds is 2. The molecule has 0 aliphatic carbocycles. The summed E-state index contributed by atoms with van der Waals surface area (Å²) in [5.41, 5.74) is 5.55. The summed E-state index contributed by atoms with van der Waals surface area (Å²) in [6.07, 6.45) is 0.779. The minimum atomic E-state index is -0.850. The molecule has 2 amide bonds. The number of nitrogens with two attached hydrogens (primary N) is 1. The summed E-state index contributed by atoms with van der Waals surface area (Å²) >= 11 is 1.74. The molecule has 2 aliphatic rings. The maximum absolute atomic E-state index is 11.9. The molecule has 2 fully saturated rings. The van der Waals surface area contributed by atoms with Crippen LogP contribution in [0.3, 0.4) is 0 Å². The number of aliphatic hydroxyl groups excluding tert-OH is 1. The minimum Gasteiger partial charge on any atom is -0.394 e. The van der Waals surface area contributed by atoms with Gasteiger partial charge in [0.05, 0.1) is 13.2 Å². The van der Waals surface area contributed by atoms with E-state index in [1.807, 2.05) is 4.90 Å². The first kappa shape index (κ1) is 13.6. The molecule has 0 aromatic rings. The zero-order chi connectivity index (χ0) is 13.3. The maximum atomic E-state index is 11.9. The third-order valence-electron chi connectivity index (χ3n) is 3.59. The number of likely N-dealkylation sites (tertiary alicyclic amines) is 1. The van der Waals surface area contributed by atoms with E-state index in [1.54, 1.807) is 23.6 Å². The van der Waals surface area contributed by atoms with E-state index in [0.717, 1.165) is 18.7 Å². The first-order valence-corrected chi connectivity index (χ1v) is 7.06. The summed E-state index contributed by atoms with van der Waals surface area (Å²) in [7, 11) is 0. The number of hydrogen-bond donors (Lipinski definition) is 2. The van der Waals surface area contributed by atoms with E-state index in [9.17, 15) is 9.59 Å². The van der Waals surface area contributed by atoms with Gasteiger partial charge in [0.25, 0.3) is 0 Å². The molecule has 0 radical (unpaired) electrons. The van der Waals surface area contributed by atoms with E-state index in [1.165, 1.54) is 0 Å². The molecule has 2 atom stereocenters. The molecule has 102 valence electrons. The average molecular weight is 273 g/mol. The Morgan fingerprint density at radius 2 is 2.22 bits per heavy atom. The van der Waals surface area contributed by atoms with E-state index >= 15 is 0 Å². The van der Waals surface area contributed by atoms with Gasteiger partial charge in [-0.3, -0.25) is 9.59 Å². The van der Waals surface area contributed by atoms with Crippen LogP contribution in [0.5, 0.6) is 0 Å². The molecule has 0 saturated carbocycles. The highest BCUT2D eigenvalue weighted by Gasteiger charge is 2.49. The lowest BCUT2D eigenvalue weighted by Crippen LogP contribution is -2.50. The van der Waals surface area contributed by atoms with Gasteiger partial charge in [0.1, 0.15) is 10.9 Å². The van der Waals surface area contributed by atoms with Gasteiger partial charge in [-0.1, -0.05) is 0 Å². The highest BCUT2D eigenvalue weighted by atomic mass is 32.2. The van der Waals surface area contributed by atoms with Gasteiger partial charge in [0, 0.05) is 25.8 Å². The van der Waals surface area contributed by atoms with Gasteiger partial charge in [0.15, 0.2) is 0 Å². The van der Waals surface area contributed by atoms with E-state index in [2.05, 4.69) is 0 Å². The van der Waals surface area contributed by atoms with E-state index in [-0.39, 0.29) is 23.3 Å². The number of thioether (sulfide) groups is 1. The van der Waals surface area contributed by atoms with Crippen molar-refractivity contribution < 1.29 is 14.7 Å². The molecule has 2 saturated heterocycles. The second-order valence-electron chi connectivity index (χ2n) is 4.76. The van der Waals surface area contributed by atoms with Gasteiger partial charge in [0.2, 0.25) is 11.8 Å². The fourth-order valence-electron chi connectivity index (χ4n) is 2.66. The molecule has 18 heavy (non-hydrogen) atoms. The van der Waals surface area contributed by atoms with Crippen molar-refractivity contribution in [2.24, 2.45) is 5.73 Å². The molecule has 7 heteroatoms. The van der Waals surface area contributed by atoms with Crippen LogP contribution in [-0.2, 0) is 9.59 Å². The van der Waals surface area contributed by atoms with Crippen LogP contribution >= 0.6 is 11.8 Å². The molecule has 2 heterocycles. The van der Waals surface area contributed by atoms with Crippen LogP contribution < -0.4 is 5.73 Å². The smallest absolute Gasteiger partial charge is 0.241 e. The topological polar surface area (TPSA) is 86.9 Å². The maximum Gasteiger partial charge on any atom is 0.241 e. The predicted octanol–water partition coefficient (Wildman–Crippen LogP) is -1.17. The van der Waals surface area contributed by atoms with Crippen molar-refractivity contribution in [1.82, 2.24) is 9.80 Å². The summed E-state index contributed by atoms with van der Waals surface area (Å²) < 4.78 is 0. The molecule has 2 aliphatic heterocycles. The Bertz CT molecular complexity index is 365. The Morgan fingerprint density at radius 1 is 1.50 bits per heavy atom. The van der Waals surface area contributed by atoms with Gasteiger partial charge in [-0.15, -0.1) is 11.8 Å². The quantitative estimate of drug-likeness (QED) is 0.662. The SMILES string of the molecule is CC(=O)N1CCSC12CCN(C(=O)[C@@H](N)CO)C2. The highest BCUT2D eigenvalue weighted by molar-refractivity contribution is 8.00. The lowest BCUT2D eigenvalue weighted by molar-refractivity contribution is -0.135. The first-order valence-electron chi connectivity index (χ1n) is 6.07. The lowest BCUT2D eigenvalue weighted by atomic mass is 10.2. The second kappa shape index (κ2) is 5.07. The fourth-order valence-corrected chi connectivity index (χ4v) is 4.17. The van der Waals surface area contributed by atoms with Crippen molar-refractivity contribution in [2.45, 2.75) is 24.3 Å². The Kier molecular flexibility index (Phi) is 3.84. The molecule has 0 bridgehead atoms. The van der Waals surface area contributed by atoms with Crippen LogP contribution in [0.1, 0.15) is 13.3 Å². The summed E-state index contributed by atoms with van der Waals surface area (Å²) in [6, 6.07) is -0.850. The molecular weight excluding hydrogens is 254 g/mol. The average Bonchev–Trinajstić information content (AvgIpc) is 2.95. The summed E-state index contributed by atoms with van der Waals surface area (Å²) in [4.78, 5) is 26.8. The molecule has 1 unspecified atom stereocenters. The Morgan fingerprint density at radius 3 is 2.83 bits per heavy atom. The zero-order valence-corrected chi connectivity index (χ0v) is 11.3. The molecular formula is C11H19N3O3S. The van der Waals surface area contributed by atoms with Crippen molar-refractivity contribution in [3.63, 3.8) is 0 Å². The van der Waals surface area contributed by atoms with Crippen LogP contribution in [0.15, 0.2) is 0 Å². The normalized spacial score (nSPS) is 29.1. The largest absolute Gasteiger partial charge is 0.394 e. The van der Waals surface area contributed by atoms with Crippen molar-refractivity contribution in [2.75, 3.05) is 32.0 Å². The van der Waals surface area contributed by atoms with Crippen molar-refractivity contribution in [3.8, 4) is 0 Å². The van der Waals surface area contributed by atoms with E-state index < -0.39 is 6.04 Å². The van der Waals surface area contributed by atoms with Crippen molar-refractivity contribution in [3.05, 3.63) is 0 Å². The van der Waals surface area contributed by atoms with Gasteiger partial charge in [-0.05, 0) is 6.42 Å². The first-order chi connectivity index (χ1) is 8.50. The Labute approximate surface area is 110 Å². The summed E-state index contributed by atoms with van der Waals surface area (Å²) in [5, 5.41) is 8.92. The molecule has 0 aromatic carbocycles. The third-order valence-corrected chi connectivity index (χ3v) is 5.07. The Hall–Kier alpha value is -0.790. The monoisotopic (exact) mass is 273 g/mol. The summed E-state index contributed by atoms with van der Waals surface area (Å²) in [6.45, 7) is 3.09. The third kappa shape index (κ3) is 2.22. The Balaban J connectivity index is 2.07. The number of hydrogen-bond acceptors (Lipinski definition) is 5. The van der Waals surface area contributed by atoms with Gasteiger partial charge < -0.3 is 20.6 Å². The molecule has 0 aromatic heterocycles. The van der Waals surface area contributed by atoms with Crippen molar-refractivity contribution >= 4 is 23.6 Å². The fraction of sp³-hybridized carbons (Fsp3) is 0.818. The number of aliphatic hydroxyl groups is 1. The van der Waals surface area contributed by atoms with Gasteiger partial charge in [-0.25, -0.2) is 0 Å². The minimum absolute atomic E-state index is 0.0563. The molecule has 1 spiro atoms. The molecule has 6 nitrogen and oxygen atoms in total. The van der Waals surface area contributed by atoms with Crippen LogP contribution in [-0.4, -0.2) is 69.6 Å². The number of carbonyl (C=O) groups is 2. The van der Waals surface area contributed by atoms with E-state index in [0.29, 0.717) is 13.1 Å². The van der Waals surface area contributed by atoms with Crippen LogP contribution in [0.4, 0.5) is 0 Å². The van der Waals surface area contributed by atoms with Crippen LogP contribution in [0, 0.1) is 0 Å². The predicted molar refractivity (Wildman–Crippen MR) is 68.8 cm³/mol. The number of amides is 2. The summed E-state index contributed by atoms with van der Waals surface area (Å²) in [5.74, 6) is 0.736. The number of carbonyl (C=O) groups excluding carboxylic acids is 2. The van der Waals surface area contributed by atoms with Gasteiger partial charge in [-0.2, -0.15) is 0 Å². The van der Waals surface area contributed by atoms with Crippen LogP contribution in [0.25, 0.3) is 0 Å². The van der Waals surface area contributed by atoms with E-state index in [4.69, 9.17) is 10.8 Å².